The molecular weight excluding hydrogens is 560 g/mol. The summed E-state index contributed by atoms with van der Waals surface area (Å²) in [4.78, 5) is 0.561. The van der Waals surface area contributed by atoms with Crippen LogP contribution in [0.25, 0.3) is 24.3 Å². The average Bonchev–Trinajstić information content (AvgIpc) is 2.84. The molecule has 0 saturated heterocycles. The van der Waals surface area contributed by atoms with E-state index < -0.39 is 9.84 Å². The molecule has 0 aromatic heterocycles. The molecule has 4 aromatic carbocycles. The van der Waals surface area contributed by atoms with Crippen molar-refractivity contribution in [3.05, 3.63) is 128 Å². The largest absolute Gasteiger partial charge is 0.218 e. The first kappa shape index (κ1) is 23.4. The van der Waals surface area contributed by atoms with Gasteiger partial charge in [0, 0.05) is 8.95 Å². The highest BCUT2D eigenvalue weighted by molar-refractivity contribution is 9.10. The average molecular weight is 580 g/mol. The lowest BCUT2D eigenvalue weighted by Crippen LogP contribution is -2.05. The molecule has 0 bridgehead atoms. The van der Waals surface area contributed by atoms with Crippen molar-refractivity contribution in [3.63, 3.8) is 0 Å². The maximum absolute atomic E-state index is 13.7. The summed E-state index contributed by atoms with van der Waals surface area (Å²) in [6, 6.07) is 29.9. The zero-order valence-electron chi connectivity index (χ0n) is 17.5. The van der Waals surface area contributed by atoms with Crippen LogP contribution in [0.15, 0.2) is 116 Å². The van der Waals surface area contributed by atoms with Gasteiger partial charge in [-0.25, -0.2) is 8.42 Å². The first-order valence-electron chi connectivity index (χ1n) is 10.2. The van der Waals surface area contributed by atoms with Gasteiger partial charge in [0.15, 0.2) is 0 Å². The van der Waals surface area contributed by atoms with Crippen LogP contribution in [-0.2, 0) is 9.84 Å². The third-order valence-electron chi connectivity index (χ3n) is 5.07. The maximum atomic E-state index is 13.7. The van der Waals surface area contributed by atoms with E-state index in [2.05, 4.69) is 31.9 Å². The van der Waals surface area contributed by atoms with Crippen molar-refractivity contribution in [1.82, 2.24) is 0 Å². The summed E-state index contributed by atoms with van der Waals surface area (Å²) in [5.41, 5.74) is 3.27. The topological polar surface area (TPSA) is 34.1 Å². The van der Waals surface area contributed by atoms with Gasteiger partial charge >= 0.3 is 0 Å². The minimum atomic E-state index is -3.74. The van der Waals surface area contributed by atoms with Crippen LogP contribution in [0.3, 0.4) is 0 Å². The maximum Gasteiger partial charge on any atom is 0.207 e. The number of sulfone groups is 1. The molecule has 4 aromatic rings. The lowest BCUT2D eigenvalue weighted by atomic mass is 10.1. The lowest BCUT2D eigenvalue weighted by molar-refractivity contribution is 0.596. The van der Waals surface area contributed by atoms with E-state index in [4.69, 9.17) is 0 Å². The van der Waals surface area contributed by atoms with Gasteiger partial charge in [-0.1, -0.05) is 117 Å². The van der Waals surface area contributed by atoms with Crippen molar-refractivity contribution >= 4 is 66.0 Å². The van der Waals surface area contributed by atoms with Crippen LogP contribution < -0.4 is 0 Å². The summed E-state index contributed by atoms with van der Waals surface area (Å²) in [7, 11) is -3.74. The number of hydrogen-bond acceptors (Lipinski definition) is 2. The standard InChI is InChI=1S/C28H20Br2O2S/c29-25-17-11-21(12-18-25)9-15-23-5-1-3-7-27(23)33(31,32)28-8-4-2-6-24(28)16-10-22-13-19-26(30)20-14-22/h1-20H/b15-9+,16-10+. The Bertz CT molecular complexity index is 1310. The van der Waals surface area contributed by atoms with Gasteiger partial charge in [0.05, 0.1) is 9.79 Å². The van der Waals surface area contributed by atoms with Gasteiger partial charge in [0.1, 0.15) is 0 Å². The molecule has 5 heteroatoms. The number of hydrogen-bond donors (Lipinski definition) is 0. The number of benzene rings is 4. The van der Waals surface area contributed by atoms with Gasteiger partial charge in [-0.2, -0.15) is 0 Å². The van der Waals surface area contributed by atoms with Crippen LogP contribution in [0.4, 0.5) is 0 Å². The zero-order valence-corrected chi connectivity index (χ0v) is 21.5. The Morgan fingerprint density at radius 3 is 1.24 bits per heavy atom. The Morgan fingerprint density at radius 1 is 0.485 bits per heavy atom. The van der Waals surface area contributed by atoms with Crippen molar-refractivity contribution in [1.29, 1.82) is 0 Å². The van der Waals surface area contributed by atoms with Crippen molar-refractivity contribution in [2.45, 2.75) is 9.79 Å². The molecule has 2 nitrogen and oxygen atoms in total. The van der Waals surface area contributed by atoms with Crippen LogP contribution in [-0.4, -0.2) is 8.42 Å². The van der Waals surface area contributed by atoms with Crippen LogP contribution in [0.2, 0.25) is 0 Å². The van der Waals surface area contributed by atoms with Crippen molar-refractivity contribution in [2.24, 2.45) is 0 Å². The molecule has 4 rings (SSSR count). The van der Waals surface area contributed by atoms with Gasteiger partial charge in [-0.3, -0.25) is 0 Å². The summed E-state index contributed by atoms with van der Waals surface area (Å²) in [6.07, 6.45) is 7.52. The Kier molecular flexibility index (Phi) is 7.43. The third kappa shape index (κ3) is 5.80. The molecule has 0 aliphatic heterocycles. The van der Waals surface area contributed by atoms with Crippen molar-refractivity contribution in [3.8, 4) is 0 Å². The quantitative estimate of drug-likeness (QED) is 0.215. The minimum Gasteiger partial charge on any atom is -0.218 e. The highest BCUT2D eigenvalue weighted by atomic mass is 79.9. The van der Waals surface area contributed by atoms with E-state index in [1.807, 2.05) is 97.1 Å². The molecule has 0 aliphatic rings. The summed E-state index contributed by atoms with van der Waals surface area (Å²) in [5, 5.41) is 0. The molecule has 0 spiro atoms. The Labute approximate surface area is 211 Å². The van der Waals surface area contributed by atoms with Crippen molar-refractivity contribution < 1.29 is 8.42 Å². The van der Waals surface area contributed by atoms with Gasteiger partial charge in [0.2, 0.25) is 9.84 Å². The normalized spacial score (nSPS) is 11.9. The predicted octanol–water partition coefficient (Wildman–Crippen LogP) is 8.39. The van der Waals surface area contributed by atoms with Gasteiger partial charge in [-0.15, -0.1) is 0 Å². The molecular formula is C28H20Br2O2S. The first-order chi connectivity index (χ1) is 15.9. The fourth-order valence-electron chi connectivity index (χ4n) is 3.36. The highest BCUT2D eigenvalue weighted by Gasteiger charge is 2.22. The van der Waals surface area contributed by atoms with Crippen molar-refractivity contribution in [2.75, 3.05) is 0 Å². The molecule has 0 aliphatic carbocycles. The summed E-state index contributed by atoms with van der Waals surface area (Å²) in [6.45, 7) is 0. The molecule has 0 unspecified atom stereocenters. The molecule has 33 heavy (non-hydrogen) atoms. The van der Waals surface area contributed by atoms with E-state index in [-0.39, 0.29) is 9.79 Å². The Balaban J connectivity index is 1.71. The Hall–Kier alpha value is -2.73. The molecule has 0 heterocycles. The lowest BCUT2D eigenvalue weighted by Gasteiger charge is -2.11. The van der Waals surface area contributed by atoms with E-state index in [0.717, 1.165) is 20.1 Å². The monoisotopic (exact) mass is 578 g/mol. The van der Waals surface area contributed by atoms with Crippen LogP contribution in [0, 0.1) is 0 Å². The van der Waals surface area contributed by atoms with E-state index >= 15 is 0 Å². The van der Waals surface area contributed by atoms with Gasteiger partial charge in [0.25, 0.3) is 0 Å². The molecule has 164 valence electrons. The summed E-state index contributed by atoms with van der Waals surface area (Å²) >= 11 is 6.86. The van der Waals surface area contributed by atoms with Gasteiger partial charge < -0.3 is 0 Å². The molecule has 0 N–H and O–H groups in total. The third-order valence-corrected chi connectivity index (χ3v) is 8.03. The smallest absolute Gasteiger partial charge is 0.207 e. The second-order valence-electron chi connectivity index (χ2n) is 7.35. The number of rotatable bonds is 6. The summed E-state index contributed by atoms with van der Waals surface area (Å²) < 4.78 is 29.4. The fourth-order valence-corrected chi connectivity index (χ4v) is 5.54. The number of halogens is 2. The van der Waals surface area contributed by atoms with Crippen LogP contribution >= 0.6 is 31.9 Å². The SMILES string of the molecule is O=S(=O)(c1ccccc1/C=C/c1ccc(Br)cc1)c1ccccc1/C=C/c1ccc(Br)cc1. The molecule has 0 fully saturated rings. The van der Waals surface area contributed by atoms with Crippen LogP contribution in [0.1, 0.15) is 22.3 Å². The van der Waals surface area contributed by atoms with Crippen LogP contribution in [0.5, 0.6) is 0 Å². The predicted molar refractivity (Wildman–Crippen MR) is 144 cm³/mol. The second-order valence-corrected chi connectivity index (χ2v) is 11.1. The zero-order chi connectivity index (χ0) is 23.3. The van der Waals surface area contributed by atoms with E-state index in [9.17, 15) is 8.42 Å². The highest BCUT2D eigenvalue weighted by Crippen LogP contribution is 2.29. The molecule has 0 saturated carbocycles. The fraction of sp³-hybridized carbons (Fsp3) is 0. The Morgan fingerprint density at radius 2 is 0.848 bits per heavy atom. The van der Waals surface area contributed by atoms with Gasteiger partial charge in [-0.05, 0) is 58.7 Å². The van der Waals surface area contributed by atoms with E-state index in [1.54, 1.807) is 24.3 Å². The minimum absolute atomic E-state index is 0.280. The summed E-state index contributed by atoms with van der Waals surface area (Å²) in [5.74, 6) is 0. The molecule has 0 atom stereocenters. The second kappa shape index (κ2) is 10.5. The molecule has 0 radical (unpaired) electrons. The van der Waals surface area contributed by atoms with E-state index in [0.29, 0.717) is 11.1 Å². The van der Waals surface area contributed by atoms with E-state index in [1.165, 1.54) is 0 Å². The molecule has 0 amide bonds. The first-order valence-corrected chi connectivity index (χ1v) is 13.3.